The average molecular weight is 403 g/mol. The smallest absolute Gasteiger partial charge is 0.318 e. The molecule has 1 aromatic carbocycles. The van der Waals surface area contributed by atoms with Crippen molar-refractivity contribution in [3.63, 3.8) is 0 Å². The zero-order chi connectivity index (χ0) is 20.5. The maximum atomic E-state index is 12.7. The molecule has 0 bridgehead atoms. The molecular formula is C16H11F6N5O. The van der Waals surface area contributed by atoms with Gasteiger partial charge in [0.1, 0.15) is 5.69 Å². The number of benzene rings is 1. The van der Waals surface area contributed by atoms with Crippen molar-refractivity contribution in [2.24, 2.45) is 0 Å². The lowest BCUT2D eigenvalue weighted by Crippen LogP contribution is -2.12. The van der Waals surface area contributed by atoms with Crippen LogP contribution in [-0.2, 0) is 18.9 Å². The minimum Gasteiger partial charge on any atom is -0.318 e. The van der Waals surface area contributed by atoms with Gasteiger partial charge in [-0.2, -0.15) is 36.5 Å². The summed E-state index contributed by atoms with van der Waals surface area (Å²) in [5.41, 5.74) is -1.97. The second kappa shape index (κ2) is 7.02. The molecule has 28 heavy (non-hydrogen) atoms. The molecule has 0 saturated carbocycles. The van der Waals surface area contributed by atoms with Crippen LogP contribution in [-0.4, -0.2) is 25.9 Å². The predicted octanol–water partition coefficient (Wildman–Crippen LogP) is 3.94. The normalized spacial score (nSPS) is 12.2. The Morgan fingerprint density at radius 2 is 1.86 bits per heavy atom. The largest absolute Gasteiger partial charge is 0.432 e. The van der Waals surface area contributed by atoms with Gasteiger partial charge in [-0.05, 0) is 17.7 Å². The zero-order valence-electron chi connectivity index (χ0n) is 13.8. The van der Waals surface area contributed by atoms with Crippen molar-refractivity contribution in [2.45, 2.75) is 18.9 Å². The molecule has 0 atom stereocenters. The second-order valence-electron chi connectivity index (χ2n) is 5.74. The van der Waals surface area contributed by atoms with Gasteiger partial charge >= 0.3 is 12.4 Å². The van der Waals surface area contributed by atoms with E-state index in [1.165, 1.54) is 29.2 Å². The van der Waals surface area contributed by atoms with E-state index >= 15 is 0 Å². The summed E-state index contributed by atoms with van der Waals surface area (Å²) >= 11 is 0. The highest BCUT2D eigenvalue weighted by Crippen LogP contribution is 2.30. The topological polar surface area (TPSA) is 75.6 Å². The quantitative estimate of drug-likeness (QED) is 0.648. The summed E-state index contributed by atoms with van der Waals surface area (Å²) in [7, 11) is 0. The van der Waals surface area contributed by atoms with Crippen LogP contribution in [0.3, 0.4) is 0 Å². The van der Waals surface area contributed by atoms with Crippen molar-refractivity contribution in [1.82, 2.24) is 20.0 Å². The molecule has 0 aliphatic rings. The van der Waals surface area contributed by atoms with E-state index in [9.17, 15) is 31.1 Å². The number of rotatable bonds is 4. The molecule has 1 amide bonds. The monoisotopic (exact) mass is 403 g/mol. The molecule has 2 heterocycles. The predicted molar refractivity (Wildman–Crippen MR) is 84.3 cm³/mol. The van der Waals surface area contributed by atoms with Crippen molar-refractivity contribution < 1.29 is 31.1 Å². The fourth-order valence-corrected chi connectivity index (χ4v) is 2.33. The maximum absolute atomic E-state index is 12.7. The zero-order valence-corrected chi connectivity index (χ0v) is 13.8. The number of halogens is 6. The lowest BCUT2D eigenvalue weighted by atomic mass is 10.1. The second-order valence-corrected chi connectivity index (χ2v) is 5.74. The fourth-order valence-electron chi connectivity index (χ4n) is 2.33. The van der Waals surface area contributed by atoms with Gasteiger partial charge in [0.05, 0.1) is 24.0 Å². The number of aromatic nitrogens is 4. The molecular weight excluding hydrogens is 392 g/mol. The summed E-state index contributed by atoms with van der Waals surface area (Å²) in [6, 6.07) is 5.22. The summed E-state index contributed by atoms with van der Waals surface area (Å²) in [5.74, 6) is -0.898. The summed E-state index contributed by atoms with van der Waals surface area (Å²) in [4.78, 5) is 12.0. The molecule has 3 aromatic rings. The Morgan fingerprint density at radius 1 is 1.11 bits per heavy atom. The van der Waals surface area contributed by atoms with Crippen molar-refractivity contribution in [3.05, 3.63) is 65.2 Å². The molecule has 148 valence electrons. The van der Waals surface area contributed by atoms with Crippen molar-refractivity contribution >= 4 is 11.6 Å². The number of alkyl halides is 6. The maximum Gasteiger partial charge on any atom is 0.432 e. The first-order chi connectivity index (χ1) is 13.0. The van der Waals surface area contributed by atoms with E-state index in [0.29, 0.717) is 11.6 Å². The number of amides is 1. The van der Waals surface area contributed by atoms with E-state index in [1.807, 2.05) is 0 Å². The number of nitrogens with one attached hydrogen (secondary N) is 2. The lowest BCUT2D eigenvalue weighted by Gasteiger charge is -2.08. The van der Waals surface area contributed by atoms with Crippen LogP contribution in [0.5, 0.6) is 0 Å². The summed E-state index contributed by atoms with van der Waals surface area (Å²) < 4.78 is 77.1. The van der Waals surface area contributed by atoms with Crippen LogP contribution in [0.4, 0.5) is 32.0 Å². The SMILES string of the molecule is O=C(Nc1cnn(Cc2cccc(C(F)(F)F)c2)c1)c1cc(C(F)(F)F)[nH]n1. The first-order valence-electron chi connectivity index (χ1n) is 7.65. The highest BCUT2D eigenvalue weighted by Gasteiger charge is 2.34. The van der Waals surface area contributed by atoms with Gasteiger partial charge in [-0.25, -0.2) is 0 Å². The van der Waals surface area contributed by atoms with Crippen LogP contribution >= 0.6 is 0 Å². The van der Waals surface area contributed by atoms with Crippen LogP contribution < -0.4 is 5.32 Å². The number of hydrogen-bond acceptors (Lipinski definition) is 3. The molecule has 0 fully saturated rings. The first kappa shape index (κ1) is 19.5. The molecule has 3 rings (SSSR count). The fraction of sp³-hybridized carbons (Fsp3) is 0.188. The molecule has 0 saturated heterocycles. The Labute approximate surface area is 153 Å². The lowest BCUT2D eigenvalue weighted by molar-refractivity contribution is -0.141. The van der Waals surface area contributed by atoms with Crippen molar-refractivity contribution in [1.29, 1.82) is 0 Å². The van der Waals surface area contributed by atoms with Gasteiger partial charge in [-0.1, -0.05) is 12.1 Å². The van der Waals surface area contributed by atoms with Gasteiger partial charge in [-0.15, -0.1) is 0 Å². The Morgan fingerprint density at radius 3 is 2.50 bits per heavy atom. The third-order valence-corrected chi connectivity index (χ3v) is 3.61. The number of hydrogen-bond donors (Lipinski definition) is 2. The van der Waals surface area contributed by atoms with Crippen LogP contribution in [0.25, 0.3) is 0 Å². The van der Waals surface area contributed by atoms with Gasteiger partial charge in [-0.3, -0.25) is 14.6 Å². The molecule has 2 N–H and O–H groups in total. The van der Waals surface area contributed by atoms with Crippen LogP contribution in [0, 0.1) is 0 Å². The van der Waals surface area contributed by atoms with Gasteiger partial charge < -0.3 is 5.32 Å². The standard InChI is InChI=1S/C16H11F6N5O/c17-15(18,19)10-3-1-2-9(4-10)7-27-8-11(6-23-27)24-14(28)12-5-13(26-25-12)16(20,21)22/h1-6,8H,7H2,(H,24,28)(H,25,26). The van der Waals surface area contributed by atoms with E-state index < -0.39 is 35.2 Å². The minimum atomic E-state index is -4.67. The summed E-state index contributed by atoms with van der Waals surface area (Å²) in [6.45, 7) is 0.000414. The van der Waals surface area contributed by atoms with Crippen molar-refractivity contribution in [2.75, 3.05) is 5.32 Å². The Hall–Kier alpha value is -3.31. The number of nitrogens with zero attached hydrogens (tertiary/aromatic N) is 3. The molecule has 0 aliphatic carbocycles. The number of carbonyl (C=O) groups excluding carboxylic acids is 1. The van der Waals surface area contributed by atoms with Crippen LogP contribution in [0.15, 0.2) is 42.7 Å². The van der Waals surface area contributed by atoms with Crippen molar-refractivity contribution in [3.8, 4) is 0 Å². The molecule has 6 nitrogen and oxygen atoms in total. The molecule has 12 heteroatoms. The minimum absolute atomic E-state index is 0.000414. The van der Waals surface area contributed by atoms with E-state index in [4.69, 9.17) is 0 Å². The first-order valence-corrected chi connectivity index (χ1v) is 7.65. The van der Waals surface area contributed by atoms with E-state index in [0.717, 1.165) is 12.1 Å². The number of H-pyrrole nitrogens is 1. The van der Waals surface area contributed by atoms with Gasteiger partial charge in [0.25, 0.3) is 5.91 Å². The molecule has 0 spiro atoms. The van der Waals surface area contributed by atoms with Gasteiger partial charge in [0.15, 0.2) is 5.69 Å². The highest BCUT2D eigenvalue weighted by molar-refractivity contribution is 6.02. The average Bonchev–Trinajstić information content (AvgIpc) is 3.23. The Kier molecular flexibility index (Phi) is 4.87. The molecule has 2 aromatic heterocycles. The van der Waals surface area contributed by atoms with Crippen LogP contribution in [0.1, 0.15) is 27.3 Å². The number of aromatic amines is 1. The van der Waals surface area contributed by atoms with E-state index in [2.05, 4.69) is 15.5 Å². The van der Waals surface area contributed by atoms with E-state index in [1.54, 1.807) is 5.10 Å². The molecule has 0 unspecified atom stereocenters. The molecule has 0 aliphatic heterocycles. The summed E-state index contributed by atoms with van der Waals surface area (Å²) in [5, 5.41) is 11.2. The van der Waals surface area contributed by atoms with Crippen LogP contribution in [0.2, 0.25) is 0 Å². The van der Waals surface area contributed by atoms with Gasteiger partial charge in [0, 0.05) is 12.3 Å². The van der Waals surface area contributed by atoms with E-state index in [-0.39, 0.29) is 12.2 Å². The summed E-state index contributed by atoms with van der Waals surface area (Å²) in [6.07, 6.45) is -6.60. The molecule has 0 radical (unpaired) electrons. The third-order valence-electron chi connectivity index (χ3n) is 3.61. The number of anilines is 1. The number of carbonyl (C=O) groups is 1. The highest BCUT2D eigenvalue weighted by atomic mass is 19.4. The Bertz CT molecular complexity index is 988. The Balaban J connectivity index is 1.68. The third kappa shape index (κ3) is 4.50. The van der Waals surface area contributed by atoms with Gasteiger partial charge in [0.2, 0.25) is 0 Å².